The van der Waals surface area contributed by atoms with Gasteiger partial charge in [-0.25, -0.2) is 0 Å². The molecule has 4 atom stereocenters. The van der Waals surface area contributed by atoms with Crippen molar-refractivity contribution in [3.05, 3.63) is 75.9 Å². The Balaban J connectivity index is 1.28. The van der Waals surface area contributed by atoms with Crippen LogP contribution in [0.4, 0.5) is 0 Å². The van der Waals surface area contributed by atoms with Gasteiger partial charge < -0.3 is 33.7 Å². The van der Waals surface area contributed by atoms with Crippen LogP contribution in [0, 0.1) is 0 Å². The first-order chi connectivity index (χ1) is 21.9. The summed E-state index contributed by atoms with van der Waals surface area (Å²) in [5.74, 6) is 2.74. The molecular formula is C36H32N2O7. The Morgan fingerprint density at radius 1 is 0.911 bits per heavy atom. The number of benzene rings is 3. The van der Waals surface area contributed by atoms with Crippen LogP contribution in [0.5, 0.6) is 40.2 Å². The summed E-state index contributed by atoms with van der Waals surface area (Å²) in [6.07, 6.45) is 4.21. The van der Waals surface area contributed by atoms with Gasteiger partial charge in [0.15, 0.2) is 45.8 Å². The van der Waals surface area contributed by atoms with Crippen molar-refractivity contribution in [1.82, 2.24) is 9.80 Å². The lowest BCUT2D eigenvalue weighted by Crippen LogP contribution is -2.63. The minimum atomic E-state index is -1.10. The van der Waals surface area contributed by atoms with Gasteiger partial charge in [0.2, 0.25) is 5.75 Å². The maximum atomic E-state index is 15.6. The number of ether oxygens (including phenoxy) is 5. The molecule has 2 bridgehead atoms. The van der Waals surface area contributed by atoms with E-state index in [1.807, 2.05) is 18.2 Å². The number of nitrogens with zero attached hydrogens (tertiary/aromatic N) is 2. The molecule has 5 heterocycles. The Bertz CT molecular complexity index is 2000. The fourth-order valence-electron chi connectivity index (χ4n) is 9.76. The summed E-state index contributed by atoms with van der Waals surface area (Å²) in [7, 11) is 6.97. The van der Waals surface area contributed by atoms with Gasteiger partial charge in [0, 0.05) is 29.3 Å². The summed E-state index contributed by atoms with van der Waals surface area (Å²) < 4.78 is 30.8. The van der Waals surface area contributed by atoms with Gasteiger partial charge in [-0.2, -0.15) is 0 Å². The number of hydrogen-bond acceptors (Lipinski definition) is 9. The predicted molar refractivity (Wildman–Crippen MR) is 165 cm³/mol. The maximum absolute atomic E-state index is 15.6. The van der Waals surface area contributed by atoms with Crippen LogP contribution in [0.1, 0.15) is 34.2 Å². The van der Waals surface area contributed by atoms with Crippen molar-refractivity contribution >= 4 is 17.1 Å². The zero-order chi connectivity index (χ0) is 30.6. The number of ketones is 1. The number of aromatic hydroxyl groups is 1. The second kappa shape index (κ2) is 8.14. The van der Waals surface area contributed by atoms with Gasteiger partial charge in [0.05, 0.1) is 38.0 Å². The van der Waals surface area contributed by atoms with Crippen LogP contribution in [-0.4, -0.2) is 79.8 Å². The maximum Gasteiger partial charge on any atom is 0.202 e. The lowest BCUT2D eigenvalue weighted by atomic mass is 9.60. The molecule has 1 fully saturated rings. The van der Waals surface area contributed by atoms with E-state index in [1.54, 1.807) is 20.3 Å². The molecule has 0 unspecified atom stereocenters. The summed E-state index contributed by atoms with van der Waals surface area (Å²) in [4.78, 5) is 20.3. The Morgan fingerprint density at radius 3 is 2.42 bits per heavy atom. The number of carbonyl (C=O) groups excluding carboxylic acids is 1. The molecule has 9 nitrogen and oxygen atoms in total. The second-order valence-corrected chi connectivity index (χ2v) is 13.2. The normalized spacial score (nSPS) is 29.0. The number of fused-ring (bicyclic) bond motifs is 4. The molecule has 228 valence electrons. The minimum Gasteiger partial charge on any atom is -0.502 e. The molecule has 3 aromatic carbocycles. The molecule has 1 N–H and O–H groups in total. The molecule has 1 saturated heterocycles. The lowest BCUT2D eigenvalue weighted by Gasteiger charge is -2.50. The highest BCUT2D eigenvalue weighted by Gasteiger charge is 2.75. The molecule has 0 aromatic heterocycles. The Kier molecular flexibility index (Phi) is 4.65. The van der Waals surface area contributed by atoms with E-state index in [2.05, 4.69) is 35.1 Å². The van der Waals surface area contributed by atoms with Crippen molar-refractivity contribution in [2.75, 3.05) is 41.5 Å². The van der Waals surface area contributed by atoms with E-state index in [0.29, 0.717) is 41.4 Å². The molecule has 2 aliphatic carbocycles. The van der Waals surface area contributed by atoms with E-state index in [0.717, 1.165) is 42.0 Å². The summed E-state index contributed by atoms with van der Waals surface area (Å²) in [5.41, 5.74) is 5.96. The highest BCUT2D eigenvalue weighted by Crippen LogP contribution is 2.70. The monoisotopic (exact) mass is 604 g/mol. The van der Waals surface area contributed by atoms with Gasteiger partial charge in [-0.05, 0) is 79.9 Å². The van der Waals surface area contributed by atoms with Crippen LogP contribution in [-0.2, 0) is 23.1 Å². The zero-order valence-corrected chi connectivity index (χ0v) is 25.5. The van der Waals surface area contributed by atoms with E-state index in [4.69, 9.17) is 23.7 Å². The Hall–Kier alpha value is -4.63. The van der Waals surface area contributed by atoms with Gasteiger partial charge in [0.25, 0.3) is 0 Å². The summed E-state index contributed by atoms with van der Waals surface area (Å²) in [6.45, 7) is 1.53. The number of hydrogen-bond donors (Lipinski definition) is 1. The largest absolute Gasteiger partial charge is 0.502 e. The Morgan fingerprint density at radius 2 is 1.64 bits per heavy atom. The summed E-state index contributed by atoms with van der Waals surface area (Å²) in [5, 5.41) is 11.4. The van der Waals surface area contributed by atoms with Crippen molar-refractivity contribution in [3.8, 4) is 40.2 Å². The van der Waals surface area contributed by atoms with Crippen LogP contribution >= 0.6 is 0 Å². The molecule has 7 aliphatic rings. The lowest BCUT2D eigenvalue weighted by molar-refractivity contribution is -0.124. The van der Waals surface area contributed by atoms with Gasteiger partial charge in [-0.15, -0.1) is 0 Å². The average Bonchev–Trinajstić information content (AvgIpc) is 3.59. The molecule has 9 heteroatoms. The van der Waals surface area contributed by atoms with Gasteiger partial charge >= 0.3 is 0 Å². The number of rotatable bonds is 3. The number of methoxy groups -OCH3 is 3. The minimum absolute atomic E-state index is 0.0432. The fourth-order valence-corrected chi connectivity index (χ4v) is 9.76. The number of likely N-dealkylation sites (N-methyl/N-ethyl adjacent to an activating group) is 1. The van der Waals surface area contributed by atoms with Gasteiger partial charge in [0.1, 0.15) is 6.10 Å². The quantitative estimate of drug-likeness (QED) is 0.435. The van der Waals surface area contributed by atoms with E-state index in [1.165, 1.54) is 23.8 Å². The molecular weight excluding hydrogens is 572 g/mol. The molecule has 45 heavy (non-hydrogen) atoms. The van der Waals surface area contributed by atoms with Crippen molar-refractivity contribution in [1.29, 1.82) is 0 Å². The molecule has 0 amide bonds. The molecule has 0 radical (unpaired) electrons. The van der Waals surface area contributed by atoms with Crippen LogP contribution in [0.15, 0.2) is 48.0 Å². The first kappa shape index (κ1) is 25.7. The molecule has 0 saturated carbocycles. The number of phenols is 1. The van der Waals surface area contributed by atoms with E-state index in [-0.39, 0.29) is 29.1 Å². The number of piperidine rings is 1. The topological polar surface area (TPSA) is 89.9 Å². The number of phenolic OH excluding ortho intramolecular Hbond substituents is 1. The fraction of sp³-hybridized carbons (Fsp3) is 0.361. The second-order valence-electron chi connectivity index (χ2n) is 13.2. The predicted octanol–water partition coefficient (Wildman–Crippen LogP) is 4.47. The number of likely N-dealkylation sites (tertiary alicyclic amines) is 1. The molecule has 2 spiro atoms. The standard InChI is InChI=1S/C36H32N2O7/c1-37-14-12-35-20-16-36(34(35)45-32-24(43-4)9-6-18(27(32)35)15-21(20)37)33(40)26-19-7-10-22(41-2)29(39)30(19)44-31-23(42-3)8-5-17-11-13-38(36)28(26)25(17)31/h5-10,16,21,34,39H,11-15H2,1-4H3/t21-,34-,35+,36+/m0/s1. The number of carbonyl (C=O) groups is 1. The van der Waals surface area contributed by atoms with Crippen molar-refractivity contribution < 1.29 is 33.6 Å². The summed E-state index contributed by atoms with van der Waals surface area (Å²) >= 11 is 0. The van der Waals surface area contributed by atoms with E-state index in [9.17, 15) is 5.11 Å². The molecule has 10 rings (SSSR count). The molecule has 3 aromatic rings. The third-order valence-electron chi connectivity index (χ3n) is 11.6. The smallest absolute Gasteiger partial charge is 0.202 e. The van der Waals surface area contributed by atoms with Gasteiger partial charge in [-0.3, -0.25) is 9.69 Å². The third kappa shape index (κ3) is 2.64. The van der Waals surface area contributed by atoms with Crippen LogP contribution in [0.25, 0.3) is 11.3 Å². The van der Waals surface area contributed by atoms with Crippen molar-refractivity contribution in [3.63, 3.8) is 0 Å². The first-order valence-corrected chi connectivity index (χ1v) is 15.5. The molecule has 5 aliphatic heterocycles. The highest BCUT2D eigenvalue weighted by atomic mass is 16.5. The average molecular weight is 605 g/mol. The van der Waals surface area contributed by atoms with Crippen LogP contribution in [0.3, 0.4) is 0 Å². The Labute approximate surface area is 260 Å². The SMILES string of the molecule is COc1ccc2c(c1O)Oc1c(OC)ccc3c1C1=C2C(=O)[C@@]2(C=C4[C@@H]5Cc6ccc(OC)c7c6[C@]4(CCN5C)[C@@H]2O7)N1CC3. The first-order valence-electron chi connectivity index (χ1n) is 15.5. The van der Waals surface area contributed by atoms with Crippen molar-refractivity contribution in [2.24, 2.45) is 0 Å². The van der Waals surface area contributed by atoms with Crippen LogP contribution in [0.2, 0.25) is 0 Å². The summed E-state index contributed by atoms with van der Waals surface area (Å²) in [6, 6.07) is 11.8. The van der Waals surface area contributed by atoms with Crippen molar-refractivity contribution in [2.45, 2.75) is 42.4 Å². The van der Waals surface area contributed by atoms with E-state index < -0.39 is 17.1 Å². The van der Waals surface area contributed by atoms with E-state index >= 15 is 4.79 Å². The zero-order valence-electron chi connectivity index (χ0n) is 25.5. The number of Topliss-reactive ketones (excluding diaryl/α,β-unsaturated/α-hetero) is 1. The third-order valence-corrected chi connectivity index (χ3v) is 11.6. The highest BCUT2D eigenvalue weighted by molar-refractivity contribution is 6.37. The van der Waals surface area contributed by atoms with Gasteiger partial charge in [-0.1, -0.05) is 12.1 Å². The van der Waals surface area contributed by atoms with Crippen LogP contribution < -0.4 is 23.7 Å².